The molecule has 0 radical (unpaired) electrons. The molecule has 2 saturated heterocycles. The molecule has 26 heavy (non-hydrogen) atoms. The zero-order valence-corrected chi connectivity index (χ0v) is 16.1. The van der Waals surface area contributed by atoms with Gasteiger partial charge in [-0.2, -0.15) is 17.7 Å². The third-order valence-corrected chi connectivity index (χ3v) is 6.36. The van der Waals surface area contributed by atoms with E-state index in [4.69, 9.17) is 17.4 Å². The van der Waals surface area contributed by atoms with Gasteiger partial charge in [-0.15, -0.1) is 0 Å². The van der Waals surface area contributed by atoms with Crippen molar-refractivity contribution in [2.24, 2.45) is 16.9 Å². The highest BCUT2D eigenvalue weighted by Gasteiger charge is 2.35. The molecule has 1 aromatic carbocycles. The third kappa shape index (κ3) is 4.00. The smallest absolute Gasteiger partial charge is 0.236 e. The van der Waals surface area contributed by atoms with E-state index in [1.54, 1.807) is 6.07 Å². The van der Waals surface area contributed by atoms with Crippen molar-refractivity contribution >= 4 is 35.8 Å². The number of nitrogens with one attached hydrogen (secondary N) is 1. The van der Waals surface area contributed by atoms with Gasteiger partial charge in [-0.1, -0.05) is 23.7 Å². The molecule has 2 aliphatic rings. The molecule has 2 heterocycles. The van der Waals surface area contributed by atoms with Crippen LogP contribution in [0, 0.1) is 11.7 Å². The number of likely N-dealkylation sites (tertiary alicyclic amines) is 1. The lowest BCUT2D eigenvalue weighted by atomic mass is 9.88. The minimum Gasteiger partial charge on any atom is -0.342 e. The number of carbonyl (C=O) groups excluding carboxylic acids is 1. The fraction of sp³-hybridized carbons (Fsp3) is 0.556. The predicted octanol–water partition coefficient (Wildman–Crippen LogP) is 2.41. The van der Waals surface area contributed by atoms with Gasteiger partial charge in [0.15, 0.2) is 0 Å². The standard InChI is InChI=1S/C18H24ClFN4OS/c19-16-12(2-1-3-14(16)20)11-5-8-24(9-6-11)18(25)17(26)13-10-22-7-4-15(13)23-21/h1-3,11,13,17,22,26H,4-10,21H2/b23-15+. The molecule has 0 saturated carbocycles. The summed E-state index contributed by atoms with van der Waals surface area (Å²) < 4.78 is 13.7. The Labute approximate surface area is 163 Å². The molecule has 0 bridgehead atoms. The number of nitrogens with two attached hydrogens (primary N) is 1. The maximum atomic E-state index is 13.7. The lowest BCUT2D eigenvalue weighted by Gasteiger charge is -2.36. The Kier molecular flexibility index (Phi) is 6.42. The number of amides is 1. The van der Waals surface area contributed by atoms with Crippen LogP contribution in [-0.2, 0) is 4.79 Å². The van der Waals surface area contributed by atoms with Crippen LogP contribution >= 0.6 is 24.2 Å². The number of carbonyl (C=O) groups is 1. The van der Waals surface area contributed by atoms with Crippen molar-refractivity contribution in [3.8, 4) is 0 Å². The van der Waals surface area contributed by atoms with Crippen molar-refractivity contribution in [1.82, 2.24) is 10.2 Å². The van der Waals surface area contributed by atoms with Gasteiger partial charge in [-0.3, -0.25) is 4.79 Å². The summed E-state index contributed by atoms with van der Waals surface area (Å²) in [4.78, 5) is 14.7. The zero-order chi connectivity index (χ0) is 18.7. The molecule has 3 rings (SSSR count). The van der Waals surface area contributed by atoms with E-state index in [2.05, 4.69) is 23.0 Å². The van der Waals surface area contributed by atoms with Crippen molar-refractivity contribution in [3.63, 3.8) is 0 Å². The molecule has 2 atom stereocenters. The number of thiol groups is 1. The monoisotopic (exact) mass is 398 g/mol. The Morgan fingerprint density at radius 1 is 1.42 bits per heavy atom. The van der Waals surface area contributed by atoms with Gasteiger partial charge < -0.3 is 16.1 Å². The number of piperidine rings is 2. The van der Waals surface area contributed by atoms with Crippen LogP contribution in [0.3, 0.4) is 0 Å². The summed E-state index contributed by atoms with van der Waals surface area (Å²) in [6.07, 6.45) is 2.26. The number of nitrogens with zero attached hydrogens (tertiary/aromatic N) is 2. The molecule has 1 aromatic rings. The third-order valence-electron chi connectivity index (χ3n) is 5.38. The van der Waals surface area contributed by atoms with Crippen molar-refractivity contribution in [2.75, 3.05) is 26.2 Å². The van der Waals surface area contributed by atoms with E-state index in [9.17, 15) is 9.18 Å². The quantitative estimate of drug-likeness (QED) is 0.416. The van der Waals surface area contributed by atoms with Gasteiger partial charge in [0.1, 0.15) is 5.82 Å². The average molecular weight is 399 g/mol. The summed E-state index contributed by atoms with van der Waals surface area (Å²) in [5, 5.41) is 6.86. The number of hydrazone groups is 1. The van der Waals surface area contributed by atoms with Gasteiger partial charge in [0.25, 0.3) is 0 Å². The van der Waals surface area contributed by atoms with Crippen LogP contribution in [0.25, 0.3) is 0 Å². The highest BCUT2D eigenvalue weighted by Crippen LogP contribution is 2.34. The summed E-state index contributed by atoms with van der Waals surface area (Å²) in [5.74, 6) is 5.17. The molecule has 8 heteroatoms. The second-order valence-corrected chi connectivity index (χ2v) is 7.80. The van der Waals surface area contributed by atoms with Crippen LogP contribution in [0.1, 0.15) is 30.7 Å². The van der Waals surface area contributed by atoms with Gasteiger partial charge >= 0.3 is 0 Å². The van der Waals surface area contributed by atoms with E-state index in [1.807, 2.05) is 11.0 Å². The van der Waals surface area contributed by atoms with E-state index in [0.717, 1.165) is 37.1 Å². The van der Waals surface area contributed by atoms with Crippen molar-refractivity contribution < 1.29 is 9.18 Å². The van der Waals surface area contributed by atoms with Gasteiger partial charge in [0, 0.05) is 44.2 Å². The Balaban J connectivity index is 1.62. The number of halogens is 2. The minimum absolute atomic E-state index is 0.00646. The van der Waals surface area contributed by atoms with Crippen molar-refractivity contribution in [1.29, 1.82) is 0 Å². The Bertz CT molecular complexity index is 694. The fourth-order valence-corrected chi connectivity index (χ4v) is 4.56. The summed E-state index contributed by atoms with van der Waals surface area (Å²) in [6.45, 7) is 2.71. The van der Waals surface area contributed by atoms with Crippen molar-refractivity contribution in [3.05, 3.63) is 34.6 Å². The minimum atomic E-state index is -0.459. The Morgan fingerprint density at radius 3 is 2.85 bits per heavy atom. The summed E-state index contributed by atoms with van der Waals surface area (Å²) in [6, 6.07) is 4.92. The maximum Gasteiger partial charge on any atom is 0.236 e. The first kappa shape index (κ1) is 19.5. The van der Waals surface area contributed by atoms with E-state index in [1.165, 1.54) is 6.07 Å². The van der Waals surface area contributed by atoms with E-state index >= 15 is 0 Å². The lowest BCUT2D eigenvalue weighted by molar-refractivity contribution is -0.132. The number of rotatable bonds is 3. The first-order valence-electron chi connectivity index (χ1n) is 8.91. The van der Waals surface area contributed by atoms with Crippen LogP contribution in [0.2, 0.25) is 5.02 Å². The first-order chi connectivity index (χ1) is 12.5. The maximum absolute atomic E-state index is 13.7. The zero-order valence-electron chi connectivity index (χ0n) is 14.5. The molecule has 0 spiro atoms. The van der Waals surface area contributed by atoms with Gasteiger partial charge in [0.05, 0.1) is 10.3 Å². The van der Waals surface area contributed by atoms with Crippen LogP contribution in [0.5, 0.6) is 0 Å². The lowest BCUT2D eigenvalue weighted by Crippen LogP contribution is -2.50. The molecule has 3 N–H and O–H groups in total. The van der Waals surface area contributed by atoms with Gasteiger partial charge in [0.2, 0.25) is 5.91 Å². The molecular formula is C18H24ClFN4OS. The van der Waals surface area contributed by atoms with Gasteiger partial charge in [-0.25, -0.2) is 4.39 Å². The highest BCUT2D eigenvalue weighted by molar-refractivity contribution is 7.81. The molecular weight excluding hydrogens is 375 g/mol. The summed E-state index contributed by atoms with van der Waals surface area (Å²) in [5.41, 5.74) is 1.67. The molecule has 0 aromatic heterocycles. The fourth-order valence-electron chi connectivity index (χ4n) is 3.84. The Hall–Kier alpha value is -1.31. The van der Waals surface area contributed by atoms with E-state index in [-0.39, 0.29) is 22.8 Å². The summed E-state index contributed by atoms with van der Waals surface area (Å²) >= 11 is 10.7. The van der Waals surface area contributed by atoms with Crippen LogP contribution in [0.15, 0.2) is 23.3 Å². The topological polar surface area (TPSA) is 70.7 Å². The van der Waals surface area contributed by atoms with E-state index < -0.39 is 11.1 Å². The van der Waals surface area contributed by atoms with Crippen molar-refractivity contribution in [2.45, 2.75) is 30.4 Å². The molecule has 142 valence electrons. The molecule has 2 unspecified atom stereocenters. The second kappa shape index (κ2) is 8.59. The molecule has 2 fully saturated rings. The molecule has 2 aliphatic heterocycles. The number of hydrogen-bond acceptors (Lipinski definition) is 5. The average Bonchev–Trinajstić information content (AvgIpc) is 2.69. The van der Waals surface area contributed by atoms with Gasteiger partial charge in [-0.05, 0) is 30.4 Å². The number of benzene rings is 1. The van der Waals surface area contributed by atoms with Crippen LogP contribution < -0.4 is 11.2 Å². The second-order valence-electron chi connectivity index (χ2n) is 6.87. The normalized spacial score (nSPS) is 24.7. The first-order valence-corrected chi connectivity index (χ1v) is 9.80. The summed E-state index contributed by atoms with van der Waals surface area (Å²) in [7, 11) is 0. The Morgan fingerprint density at radius 2 is 2.15 bits per heavy atom. The molecule has 0 aliphatic carbocycles. The highest BCUT2D eigenvalue weighted by atomic mass is 35.5. The predicted molar refractivity (Wildman–Crippen MR) is 105 cm³/mol. The van der Waals surface area contributed by atoms with Crippen LogP contribution in [0.4, 0.5) is 4.39 Å². The SMILES string of the molecule is N/N=C1\CCNCC1C(S)C(=O)N1CCC(c2cccc(F)c2Cl)CC1. The number of hydrogen-bond donors (Lipinski definition) is 3. The molecule has 1 amide bonds. The molecule has 5 nitrogen and oxygen atoms in total. The van der Waals surface area contributed by atoms with E-state index in [0.29, 0.717) is 19.6 Å². The largest absolute Gasteiger partial charge is 0.342 e. The van der Waals surface area contributed by atoms with Crippen LogP contribution in [-0.4, -0.2) is 47.9 Å².